The summed E-state index contributed by atoms with van der Waals surface area (Å²) in [6.07, 6.45) is -2.86. The molecule has 0 fully saturated rings. The Morgan fingerprint density at radius 2 is 1.64 bits per heavy atom. The minimum absolute atomic E-state index is 0.250. The first-order valence-corrected chi connectivity index (χ1v) is 6.57. The Bertz CT molecular complexity index is 440. The first kappa shape index (κ1) is 19.7. The van der Waals surface area contributed by atoms with Gasteiger partial charge in [-0.2, -0.15) is 0 Å². The van der Waals surface area contributed by atoms with E-state index < -0.39 is 41.7 Å². The van der Waals surface area contributed by atoms with Crippen molar-refractivity contribution < 1.29 is 38.9 Å². The fraction of sp³-hybridized carbons (Fsp3) is 0.692. The van der Waals surface area contributed by atoms with Crippen LogP contribution in [0, 0.1) is 0 Å². The second kappa shape index (κ2) is 8.20. The number of amides is 1. The minimum atomic E-state index is -1.34. The highest BCUT2D eigenvalue weighted by atomic mass is 16.6. The Labute approximate surface area is 127 Å². The van der Waals surface area contributed by atoms with Crippen molar-refractivity contribution in [2.45, 2.75) is 58.3 Å². The van der Waals surface area contributed by atoms with Crippen molar-refractivity contribution in [1.29, 1.82) is 0 Å². The van der Waals surface area contributed by atoms with E-state index in [1.807, 2.05) is 0 Å². The maximum atomic E-state index is 11.5. The summed E-state index contributed by atoms with van der Waals surface area (Å²) in [5.41, 5.74) is -0.789. The molecule has 0 spiro atoms. The van der Waals surface area contributed by atoms with Crippen molar-refractivity contribution in [3.63, 3.8) is 0 Å². The molecule has 0 aromatic rings. The number of nitrogens with one attached hydrogen (secondary N) is 1. The molecule has 2 atom stereocenters. The van der Waals surface area contributed by atoms with Crippen LogP contribution in [0.15, 0.2) is 0 Å². The van der Waals surface area contributed by atoms with E-state index in [1.54, 1.807) is 20.8 Å². The van der Waals surface area contributed by atoms with Crippen LogP contribution in [0.25, 0.3) is 0 Å². The first-order valence-electron chi connectivity index (χ1n) is 6.57. The number of ether oxygens (including phenoxy) is 2. The molecule has 3 N–H and O–H groups in total. The number of alkyl carbamates (subject to hydrolysis) is 1. The monoisotopic (exact) mass is 319 g/mol. The quantitative estimate of drug-likeness (QED) is 0.584. The molecule has 126 valence electrons. The van der Waals surface area contributed by atoms with Gasteiger partial charge in [-0.15, -0.1) is 0 Å². The lowest BCUT2D eigenvalue weighted by atomic mass is 10.1. The zero-order valence-corrected chi connectivity index (χ0v) is 12.9. The van der Waals surface area contributed by atoms with E-state index in [4.69, 9.17) is 14.9 Å². The van der Waals surface area contributed by atoms with Gasteiger partial charge in [0.25, 0.3) is 0 Å². The molecule has 0 aliphatic rings. The SMILES string of the molecule is C[C@H](OC(=O)CC[C@H](NC(=O)OC(C)(C)C)C(=O)O)C(=O)O. The molecule has 22 heavy (non-hydrogen) atoms. The lowest BCUT2D eigenvalue weighted by molar-refractivity contribution is -0.162. The van der Waals surface area contributed by atoms with Gasteiger partial charge in [-0.05, 0) is 34.1 Å². The van der Waals surface area contributed by atoms with Crippen molar-refractivity contribution in [2.75, 3.05) is 0 Å². The number of esters is 1. The van der Waals surface area contributed by atoms with Gasteiger partial charge >= 0.3 is 24.0 Å². The van der Waals surface area contributed by atoms with E-state index in [0.717, 1.165) is 0 Å². The van der Waals surface area contributed by atoms with Crippen LogP contribution in [0.5, 0.6) is 0 Å². The third kappa shape index (κ3) is 8.77. The molecule has 9 heteroatoms. The van der Waals surface area contributed by atoms with E-state index >= 15 is 0 Å². The molecule has 1 amide bonds. The van der Waals surface area contributed by atoms with Gasteiger partial charge in [0.1, 0.15) is 11.6 Å². The zero-order chi connectivity index (χ0) is 17.5. The maximum Gasteiger partial charge on any atom is 0.408 e. The Kier molecular flexibility index (Phi) is 7.34. The average Bonchev–Trinajstić information content (AvgIpc) is 2.31. The molecule has 0 aromatic carbocycles. The fourth-order valence-electron chi connectivity index (χ4n) is 1.28. The second-order valence-electron chi connectivity index (χ2n) is 5.55. The van der Waals surface area contributed by atoms with Crippen molar-refractivity contribution in [2.24, 2.45) is 0 Å². The Morgan fingerprint density at radius 3 is 2.05 bits per heavy atom. The number of carbonyl (C=O) groups is 4. The van der Waals surface area contributed by atoms with E-state index in [1.165, 1.54) is 6.92 Å². The van der Waals surface area contributed by atoms with Gasteiger partial charge in [0.05, 0.1) is 0 Å². The number of carbonyl (C=O) groups excluding carboxylic acids is 2. The van der Waals surface area contributed by atoms with E-state index in [-0.39, 0.29) is 12.8 Å². The topological polar surface area (TPSA) is 139 Å². The Morgan fingerprint density at radius 1 is 1.09 bits per heavy atom. The summed E-state index contributed by atoms with van der Waals surface area (Å²) < 4.78 is 9.47. The van der Waals surface area contributed by atoms with Crippen LogP contribution in [0.1, 0.15) is 40.5 Å². The van der Waals surface area contributed by atoms with Gasteiger partial charge in [0.2, 0.25) is 0 Å². The van der Waals surface area contributed by atoms with Crippen LogP contribution in [-0.2, 0) is 23.9 Å². The second-order valence-corrected chi connectivity index (χ2v) is 5.55. The van der Waals surface area contributed by atoms with Crippen LogP contribution in [0.4, 0.5) is 4.79 Å². The van der Waals surface area contributed by atoms with Crippen molar-refractivity contribution in [3.8, 4) is 0 Å². The molecule has 0 aromatic heterocycles. The van der Waals surface area contributed by atoms with Gasteiger partial charge in [-0.3, -0.25) is 4.79 Å². The number of carboxylic acids is 2. The number of hydrogen-bond donors (Lipinski definition) is 3. The van der Waals surface area contributed by atoms with Crippen molar-refractivity contribution >= 4 is 24.0 Å². The van der Waals surface area contributed by atoms with Crippen LogP contribution >= 0.6 is 0 Å². The summed E-state index contributed by atoms with van der Waals surface area (Å²) in [6.45, 7) is 6.03. The number of hydrogen-bond acceptors (Lipinski definition) is 6. The fourth-order valence-corrected chi connectivity index (χ4v) is 1.28. The van der Waals surface area contributed by atoms with Crippen molar-refractivity contribution in [1.82, 2.24) is 5.32 Å². The van der Waals surface area contributed by atoms with Gasteiger partial charge in [-0.1, -0.05) is 0 Å². The van der Waals surface area contributed by atoms with Gasteiger partial charge in [0.15, 0.2) is 6.10 Å². The molecule has 0 rings (SSSR count). The standard InChI is InChI=1S/C13H21NO8/c1-7(10(16)17)21-9(15)6-5-8(11(18)19)14-12(20)22-13(2,3)4/h7-8H,5-6H2,1-4H3,(H,14,20)(H,16,17)(H,18,19)/t7-,8-/m0/s1. The van der Waals surface area contributed by atoms with Crippen LogP contribution in [-0.4, -0.2) is 52.0 Å². The maximum absolute atomic E-state index is 11.5. The normalized spacial score (nSPS) is 13.6. The van der Waals surface area contributed by atoms with Gasteiger partial charge < -0.3 is 25.0 Å². The molecule has 0 aliphatic heterocycles. The predicted molar refractivity (Wildman–Crippen MR) is 73.2 cm³/mol. The highest BCUT2D eigenvalue weighted by Crippen LogP contribution is 2.08. The molecular formula is C13H21NO8. The molecule has 0 saturated heterocycles. The lowest BCUT2D eigenvalue weighted by Crippen LogP contribution is -2.43. The van der Waals surface area contributed by atoms with E-state index in [9.17, 15) is 19.2 Å². The molecule has 0 bridgehead atoms. The molecule has 0 saturated carbocycles. The molecule has 0 unspecified atom stereocenters. The van der Waals surface area contributed by atoms with Crippen LogP contribution in [0.3, 0.4) is 0 Å². The zero-order valence-electron chi connectivity index (χ0n) is 12.9. The molecule has 0 aliphatic carbocycles. The lowest BCUT2D eigenvalue weighted by Gasteiger charge is -2.21. The molecule has 9 nitrogen and oxygen atoms in total. The number of rotatable bonds is 7. The average molecular weight is 319 g/mol. The molecular weight excluding hydrogens is 298 g/mol. The van der Waals surface area contributed by atoms with E-state index in [2.05, 4.69) is 10.1 Å². The van der Waals surface area contributed by atoms with E-state index in [0.29, 0.717) is 0 Å². The summed E-state index contributed by atoms with van der Waals surface area (Å²) in [7, 11) is 0. The number of carboxylic acid groups (broad SMARTS) is 2. The summed E-state index contributed by atoms with van der Waals surface area (Å²) in [5, 5.41) is 19.7. The summed E-state index contributed by atoms with van der Waals surface area (Å²) in [4.78, 5) is 44.4. The third-order valence-electron chi connectivity index (χ3n) is 2.28. The summed E-state index contributed by atoms with van der Waals surface area (Å²) in [6, 6.07) is -1.34. The first-order chi connectivity index (χ1) is 9.92. The smallest absolute Gasteiger partial charge is 0.408 e. The summed E-state index contributed by atoms with van der Waals surface area (Å²) in [5.74, 6) is -3.52. The van der Waals surface area contributed by atoms with Crippen molar-refractivity contribution in [3.05, 3.63) is 0 Å². The largest absolute Gasteiger partial charge is 0.480 e. The number of aliphatic carboxylic acids is 2. The van der Waals surface area contributed by atoms with Gasteiger partial charge in [-0.25, -0.2) is 14.4 Å². The third-order valence-corrected chi connectivity index (χ3v) is 2.28. The Balaban J connectivity index is 4.43. The summed E-state index contributed by atoms with van der Waals surface area (Å²) >= 11 is 0. The minimum Gasteiger partial charge on any atom is -0.480 e. The van der Waals surface area contributed by atoms with Gasteiger partial charge in [0, 0.05) is 6.42 Å². The highest BCUT2D eigenvalue weighted by molar-refractivity contribution is 5.81. The molecule has 0 heterocycles. The highest BCUT2D eigenvalue weighted by Gasteiger charge is 2.25. The van der Waals surface area contributed by atoms with Crippen LogP contribution in [0.2, 0.25) is 0 Å². The predicted octanol–water partition coefficient (Wildman–Crippen LogP) is 0.761. The Hall–Kier alpha value is -2.32. The van der Waals surface area contributed by atoms with Crippen LogP contribution < -0.4 is 5.32 Å². The molecule has 0 radical (unpaired) electrons.